The molecule has 0 amide bonds. The minimum Gasteiger partial charge on any atom is -0.493 e. The summed E-state index contributed by atoms with van der Waals surface area (Å²) in [4.78, 5) is 13.2. The van der Waals surface area contributed by atoms with Crippen molar-refractivity contribution in [1.82, 2.24) is 3.97 Å². The molecule has 1 aromatic heterocycles. The van der Waals surface area contributed by atoms with Gasteiger partial charge in [-0.2, -0.15) is 0 Å². The van der Waals surface area contributed by atoms with Crippen LogP contribution in [0.5, 0.6) is 11.5 Å². The van der Waals surface area contributed by atoms with Crippen molar-refractivity contribution in [2.45, 2.75) is 24.7 Å². The average Bonchev–Trinajstić information content (AvgIpc) is 3.17. The smallest absolute Gasteiger partial charge is 0.268 e. The number of aryl methyl sites for hydroxylation is 1. The fourth-order valence-electron chi connectivity index (χ4n) is 3.89. The van der Waals surface area contributed by atoms with Gasteiger partial charge in [-0.1, -0.05) is 42.0 Å². The molecule has 0 unspecified atom stereocenters. The molecule has 0 aliphatic heterocycles. The summed E-state index contributed by atoms with van der Waals surface area (Å²) >= 11 is 0. The minimum absolute atomic E-state index is 0.0197. The number of rotatable bonds is 8. The largest absolute Gasteiger partial charge is 0.493 e. The summed E-state index contributed by atoms with van der Waals surface area (Å²) in [6, 6.07) is 21.0. The molecule has 4 aromatic rings. The van der Waals surface area contributed by atoms with Crippen molar-refractivity contribution in [1.29, 1.82) is 0 Å². The number of methoxy groups -OCH3 is 2. The molecular weight excluding hydrogens is 438 g/mol. The van der Waals surface area contributed by atoms with E-state index in [1.807, 2.05) is 19.1 Å². The molecule has 0 aliphatic carbocycles. The highest BCUT2D eigenvalue weighted by Gasteiger charge is 2.24. The predicted octanol–water partition coefficient (Wildman–Crippen LogP) is 4.56. The molecule has 0 saturated carbocycles. The highest BCUT2D eigenvalue weighted by molar-refractivity contribution is 7.90. The van der Waals surface area contributed by atoms with Crippen LogP contribution in [0.15, 0.2) is 77.7 Å². The van der Waals surface area contributed by atoms with Gasteiger partial charge in [0.2, 0.25) is 0 Å². The van der Waals surface area contributed by atoms with Crippen LogP contribution in [0.4, 0.5) is 0 Å². The van der Waals surface area contributed by atoms with Gasteiger partial charge in [0, 0.05) is 23.9 Å². The molecule has 0 spiro atoms. The van der Waals surface area contributed by atoms with Crippen molar-refractivity contribution in [3.8, 4) is 11.5 Å². The number of Topliss-reactive ketones (excluding diaryl/α,β-unsaturated/α-hetero) is 1. The topological polar surface area (TPSA) is 74.6 Å². The summed E-state index contributed by atoms with van der Waals surface area (Å²) < 4.78 is 39.0. The second kappa shape index (κ2) is 9.11. The van der Waals surface area contributed by atoms with Crippen molar-refractivity contribution in [3.05, 3.63) is 89.6 Å². The predicted molar refractivity (Wildman–Crippen MR) is 128 cm³/mol. The Bertz CT molecular complexity index is 1420. The van der Waals surface area contributed by atoms with Gasteiger partial charge in [-0.15, -0.1) is 0 Å². The number of ether oxygens (including phenoxy) is 2. The summed E-state index contributed by atoms with van der Waals surface area (Å²) in [5, 5.41) is 0.766. The van der Waals surface area contributed by atoms with Gasteiger partial charge in [0.05, 0.1) is 24.6 Å². The van der Waals surface area contributed by atoms with Gasteiger partial charge in [-0.05, 0) is 48.9 Å². The Labute approximate surface area is 193 Å². The van der Waals surface area contributed by atoms with Gasteiger partial charge in [0.15, 0.2) is 11.5 Å². The molecule has 6 nitrogen and oxygen atoms in total. The van der Waals surface area contributed by atoms with Gasteiger partial charge >= 0.3 is 0 Å². The van der Waals surface area contributed by atoms with Crippen LogP contribution >= 0.6 is 0 Å². The normalized spacial score (nSPS) is 11.5. The van der Waals surface area contributed by atoms with E-state index in [-0.39, 0.29) is 23.5 Å². The first-order valence-corrected chi connectivity index (χ1v) is 11.9. The molecule has 0 aliphatic rings. The zero-order chi connectivity index (χ0) is 23.6. The lowest BCUT2D eigenvalue weighted by Gasteiger charge is -2.13. The van der Waals surface area contributed by atoms with Gasteiger partial charge < -0.3 is 9.47 Å². The molecule has 33 heavy (non-hydrogen) atoms. The van der Waals surface area contributed by atoms with Crippen molar-refractivity contribution >= 4 is 26.7 Å². The number of hydrogen-bond acceptors (Lipinski definition) is 5. The van der Waals surface area contributed by atoms with Crippen molar-refractivity contribution < 1.29 is 22.7 Å². The summed E-state index contributed by atoms with van der Waals surface area (Å²) in [5.41, 5.74) is 2.72. The monoisotopic (exact) mass is 463 g/mol. The van der Waals surface area contributed by atoms with Crippen LogP contribution in [-0.4, -0.2) is 32.4 Å². The minimum atomic E-state index is -3.88. The molecule has 0 radical (unpaired) electrons. The number of para-hydroxylation sites is 1. The van der Waals surface area contributed by atoms with Crippen LogP contribution < -0.4 is 9.47 Å². The van der Waals surface area contributed by atoms with Crippen molar-refractivity contribution in [3.63, 3.8) is 0 Å². The molecule has 0 saturated heterocycles. The number of nitrogens with zero attached hydrogens (tertiary/aromatic N) is 1. The number of carbonyl (C=O) groups excluding carboxylic acids is 1. The first-order valence-electron chi connectivity index (χ1n) is 10.5. The lowest BCUT2D eigenvalue weighted by atomic mass is 10.1. The van der Waals surface area contributed by atoms with Gasteiger partial charge in [-0.3, -0.25) is 4.79 Å². The zero-order valence-corrected chi connectivity index (χ0v) is 19.6. The maximum Gasteiger partial charge on any atom is 0.268 e. The summed E-state index contributed by atoms with van der Waals surface area (Å²) in [5.74, 6) is 1.02. The fourth-order valence-corrected chi connectivity index (χ4v) is 5.43. The molecule has 0 atom stereocenters. The van der Waals surface area contributed by atoms with Crippen LogP contribution in [0.25, 0.3) is 10.9 Å². The molecular formula is C26H25NO5S. The van der Waals surface area contributed by atoms with E-state index in [0.717, 1.165) is 16.5 Å². The van der Waals surface area contributed by atoms with E-state index in [1.165, 1.54) is 11.1 Å². The molecule has 1 heterocycles. The molecule has 7 heteroatoms. The molecule has 3 aromatic carbocycles. The quantitative estimate of drug-likeness (QED) is 0.383. The second-order valence-corrected chi connectivity index (χ2v) is 9.65. The highest BCUT2D eigenvalue weighted by Crippen LogP contribution is 2.29. The number of ketones is 1. The van der Waals surface area contributed by atoms with Gasteiger partial charge in [0.25, 0.3) is 10.0 Å². The Hall–Kier alpha value is -3.58. The molecule has 0 N–H and O–H groups in total. The van der Waals surface area contributed by atoms with Crippen molar-refractivity contribution in [2.24, 2.45) is 0 Å². The van der Waals surface area contributed by atoms with Crippen molar-refractivity contribution in [2.75, 3.05) is 14.2 Å². The Kier molecular flexibility index (Phi) is 6.24. The number of aromatic nitrogens is 1. The summed E-state index contributed by atoms with van der Waals surface area (Å²) in [7, 11) is -0.789. The summed E-state index contributed by atoms with van der Waals surface area (Å²) in [6.07, 6.45) is 0.126. The maximum absolute atomic E-state index is 13.6. The molecule has 0 bridgehead atoms. The van der Waals surface area contributed by atoms with E-state index < -0.39 is 10.0 Å². The molecule has 4 rings (SSSR count). The maximum atomic E-state index is 13.6. The summed E-state index contributed by atoms with van der Waals surface area (Å²) in [6.45, 7) is 1.90. The Balaban J connectivity index is 1.70. The first kappa shape index (κ1) is 22.6. The van der Waals surface area contributed by atoms with E-state index in [4.69, 9.17) is 9.47 Å². The Morgan fingerprint density at radius 2 is 1.55 bits per heavy atom. The standard InChI is InChI=1S/C26H25NO5S/c1-18-8-11-23(12-9-18)33(29,30)27-21(16-20-6-4-5-7-24(20)27)17-22(28)14-19-10-13-25(31-2)26(15-19)32-3/h4-13,15-16H,14,17H2,1-3H3. The van der Waals surface area contributed by atoms with Gasteiger partial charge in [-0.25, -0.2) is 12.4 Å². The third-order valence-electron chi connectivity index (χ3n) is 5.53. The SMILES string of the molecule is COc1ccc(CC(=O)Cc2cc3ccccc3n2S(=O)(=O)c2ccc(C)cc2)cc1OC. The fraction of sp³-hybridized carbons (Fsp3) is 0.192. The lowest BCUT2D eigenvalue weighted by molar-refractivity contribution is -0.117. The molecule has 0 fully saturated rings. The lowest BCUT2D eigenvalue weighted by Crippen LogP contribution is -2.18. The van der Waals surface area contributed by atoms with Crippen LogP contribution in [-0.2, 0) is 27.7 Å². The van der Waals surface area contributed by atoms with Crippen LogP contribution in [0, 0.1) is 6.92 Å². The number of fused-ring (bicyclic) bond motifs is 1. The van der Waals surface area contributed by atoms with E-state index in [2.05, 4.69) is 0 Å². The highest BCUT2D eigenvalue weighted by atomic mass is 32.2. The molecule has 170 valence electrons. The Morgan fingerprint density at radius 3 is 2.24 bits per heavy atom. The van der Waals surface area contributed by atoms with E-state index in [9.17, 15) is 13.2 Å². The van der Waals surface area contributed by atoms with Gasteiger partial charge in [0.1, 0.15) is 5.78 Å². The third kappa shape index (κ3) is 4.50. The zero-order valence-electron chi connectivity index (χ0n) is 18.7. The average molecular weight is 464 g/mol. The third-order valence-corrected chi connectivity index (χ3v) is 7.31. The number of benzene rings is 3. The number of hydrogen-bond donors (Lipinski definition) is 0. The first-order chi connectivity index (χ1) is 15.8. The van der Waals surface area contributed by atoms with E-state index in [0.29, 0.717) is 22.7 Å². The second-order valence-electron chi connectivity index (χ2n) is 7.86. The van der Waals surface area contributed by atoms with E-state index in [1.54, 1.807) is 67.8 Å². The van der Waals surface area contributed by atoms with E-state index >= 15 is 0 Å². The van der Waals surface area contributed by atoms with Crippen LogP contribution in [0.1, 0.15) is 16.8 Å². The van der Waals surface area contributed by atoms with Crippen LogP contribution in [0.3, 0.4) is 0 Å². The number of carbonyl (C=O) groups is 1. The van der Waals surface area contributed by atoms with Crippen LogP contribution in [0.2, 0.25) is 0 Å². The Morgan fingerprint density at radius 1 is 0.848 bits per heavy atom.